The van der Waals surface area contributed by atoms with Crippen LogP contribution < -0.4 is 10.6 Å². The highest BCUT2D eigenvalue weighted by Gasteiger charge is 1.99. The summed E-state index contributed by atoms with van der Waals surface area (Å²) in [6, 6.07) is 8.39. The molecule has 0 atom stereocenters. The van der Waals surface area contributed by atoms with Crippen LogP contribution in [0.3, 0.4) is 0 Å². The first-order valence-electron chi connectivity index (χ1n) is 7.89. The Kier molecular flexibility index (Phi) is 10.1. The molecule has 0 fully saturated rings. The smallest absolute Gasteiger partial charge is 0.191 e. The van der Waals surface area contributed by atoms with E-state index in [1.807, 2.05) is 6.92 Å². The quantitative estimate of drug-likeness (QED) is 0.396. The summed E-state index contributed by atoms with van der Waals surface area (Å²) in [5.41, 5.74) is 2.40. The van der Waals surface area contributed by atoms with Crippen LogP contribution in [0.5, 0.6) is 0 Å². The van der Waals surface area contributed by atoms with E-state index in [1.165, 1.54) is 11.1 Å². The summed E-state index contributed by atoms with van der Waals surface area (Å²) in [6.45, 7) is 5.95. The number of nitrogens with zero attached hydrogens (tertiary/aromatic N) is 1. The Labute approximate surface area is 134 Å². The van der Waals surface area contributed by atoms with E-state index in [0.717, 1.165) is 45.1 Å². The van der Waals surface area contributed by atoms with E-state index < -0.39 is 0 Å². The van der Waals surface area contributed by atoms with E-state index in [4.69, 9.17) is 9.47 Å². The Morgan fingerprint density at radius 3 is 2.45 bits per heavy atom. The molecule has 0 aliphatic rings. The van der Waals surface area contributed by atoms with Crippen molar-refractivity contribution in [1.82, 2.24) is 10.6 Å². The molecule has 0 bridgehead atoms. The number of nitrogens with one attached hydrogen (secondary N) is 2. The normalized spacial score (nSPS) is 11.5. The second kappa shape index (κ2) is 12.0. The minimum absolute atomic E-state index is 0.651. The molecule has 0 saturated carbocycles. The van der Waals surface area contributed by atoms with Gasteiger partial charge in [-0.2, -0.15) is 0 Å². The number of benzene rings is 1. The Morgan fingerprint density at radius 1 is 1.09 bits per heavy atom. The van der Waals surface area contributed by atoms with Crippen LogP contribution in [0.25, 0.3) is 0 Å². The third-order valence-electron chi connectivity index (χ3n) is 3.23. The van der Waals surface area contributed by atoms with Crippen LogP contribution in [0.2, 0.25) is 0 Å². The largest absolute Gasteiger partial charge is 0.382 e. The predicted molar refractivity (Wildman–Crippen MR) is 91.1 cm³/mol. The summed E-state index contributed by atoms with van der Waals surface area (Å²) in [4.78, 5) is 4.23. The Bertz CT molecular complexity index is 418. The number of rotatable bonds is 10. The Morgan fingerprint density at radius 2 is 1.82 bits per heavy atom. The zero-order valence-electron chi connectivity index (χ0n) is 14.0. The van der Waals surface area contributed by atoms with Crippen LogP contribution in [-0.2, 0) is 22.6 Å². The molecule has 1 rings (SSSR count). The van der Waals surface area contributed by atoms with Gasteiger partial charge in [0.2, 0.25) is 0 Å². The molecule has 1 aromatic carbocycles. The van der Waals surface area contributed by atoms with Crippen LogP contribution in [-0.4, -0.2) is 39.9 Å². The van der Waals surface area contributed by atoms with Crippen molar-refractivity contribution in [3.8, 4) is 0 Å². The van der Waals surface area contributed by atoms with Gasteiger partial charge >= 0.3 is 0 Å². The molecule has 0 amide bonds. The average Bonchev–Trinajstić information content (AvgIpc) is 2.55. The SMILES string of the molecule is CCOCCCCNC(=NC)NCc1ccc(COC)cc1. The van der Waals surface area contributed by atoms with Crippen molar-refractivity contribution in [2.24, 2.45) is 4.99 Å². The molecule has 2 N–H and O–H groups in total. The molecule has 0 aliphatic carbocycles. The molecule has 124 valence electrons. The van der Waals surface area contributed by atoms with Crippen molar-refractivity contribution < 1.29 is 9.47 Å². The first-order chi connectivity index (χ1) is 10.8. The number of hydrogen-bond donors (Lipinski definition) is 2. The second-order valence-electron chi connectivity index (χ2n) is 5.01. The standard InChI is InChI=1S/C17H29N3O2/c1-4-22-12-6-5-11-19-17(18-2)20-13-15-7-9-16(10-8-15)14-21-3/h7-10H,4-6,11-14H2,1-3H3,(H2,18,19,20). The first-order valence-corrected chi connectivity index (χ1v) is 7.89. The van der Waals surface area contributed by atoms with Crippen molar-refractivity contribution in [3.05, 3.63) is 35.4 Å². The fourth-order valence-corrected chi connectivity index (χ4v) is 2.01. The molecular formula is C17H29N3O2. The minimum atomic E-state index is 0.651. The molecule has 22 heavy (non-hydrogen) atoms. The molecular weight excluding hydrogens is 278 g/mol. The molecule has 0 aromatic heterocycles. The van der Waals surface area contributed by atoms with Crippen LogP contribution in [0, 0.1) is 0 Å². The summed E-state index contributed by atoms with van der Waals surface area (Å²) < 4.78 is 10.4. The first kappa shape index (κ1) is 18.5. The molecule has 0 heterocycles. The van der Waals surface area contributed by atoms with Crippen LogP contribution in [0.1, 0.15) is 30.9 Å². The maximum atomic E-state index is 5.32. The summed E-state index contributed by atoms with van der Waals surface area (Å²) >= 11 is 0. The lowest BCUT2D eigenvalue weighted by molar-refractivity contribution is 0.143. The number of unbranched alkanes of at least 4 members (excludes halogenated alkanes) is 1. The van der Waals surface area contributed by atoms with Crippen LogP contribution >= 0.6 is 0 Å². The van der Waals surface area contributed by atoms with Gasteiger partial charge in [-0.05, 0) is 30.9 Å². The number of methoxy groups -OCH3 is 1. The summed E-state index contributed by atoms with van der Waals surface area (Å²) in [6.07, 6.45) is 2.14. The van der Waals surface area contributed by atoms with Crippen molar-refractivity contribution in [2.75, 3.05) is 33.9 Å². The van der Waals surface area contributed by atoms with Gasteiger partial charge in [0.1, 0.15) is 0 Å². The van der Waals surface area contributed by atoms with Gasteiger partial charge < -0.3 is 20.1 Å². The zero-order valence-corrected chi connectivity index (χ0v) is 14.0. The highest BCUT2D eigenvalue weighted by molar-refractivity contribution is 5.79. The van der Waals surface area contributed by atoms with E-state index in [2.05, 4.69) is 39.9 Å². The molecule has 0 radical (unpaired) electrons. The van der Waals surface area contributed by atoms with Crippen molar-refractivity contribution >= 4 is 5.96 Å². The summed E-state index contributed by atoms with van der Waals surface area (Å²) in [5.74, 6) is 0.831. The predicted octanol–water partition coefficient (Wildman–Crippen LogP) is 2.31. The minimum Gasteiger partial charge on any atom is -0.382 e. The fraction of sp³-hybridized carbons (Fsp3) is 0.588. The molecule has 0 unspecified atom stereocenters. The maximum Gasteiger partial charge on any atom is 0.191 e. The van der Waals surface area contributed by atoms with Crippen molar-refractivity contribution in [3.63, 3.8) is 0 Å². The molecule has 5 nitrogen and oxygen atoms in total. The van der Waals surface area contributed by atoms with Crippen molar-refractivity contribution in [1.29, 1.82) is 0 Å². The van der Waals surface area contributed by atoms with E-state index >= 15 is 0 Å². The highest BCUT2D eigenvalue weighted by Crippen LogP contribution is 2.05. The lowest BCUT2D eigenvalue weighted by Crippen LogP contribution is -2.37. The third-order valence-corrected chi connectivity index (χ3v) is 3.23. The number of hydrogen-bond acceptors (Lipinski definition) is 3. The lowest BCUT2D eigenvalue weighted by Gasteiger charge is -2.12. The van der Waals surface area contributed by atoms with Crippen LogP contribution in [0.15, 0.2) is 29.3 Å². The lowest BCUT2D eigenvalue weighted by atomic mass is 10.1. The number of guanidine groups is 1. The molecule has 0 saturated heterocycles. The zero-order chi connectivity index (χ0) is 16.0. The average molecular weight is 307 g/mol. The van der Waals surface area contributed by atoms with E-state index in [0.29, 0.717) is 6.61 Å². The van der Waals surface area contributed by atoms with Crippen molar-refractivity contribution in [2.45, 2.75) is 32.9 Å². The third kappa shape index (κ3) is 8.00. The van der Waals surface area contributed by atoms with Gasteiger partial charge in [0.25, 0.3) is 0 Å². The van der Waals surface area contributed by atoms with Gasteiger partial charge in [-0.25, -0.2) is 0 Å². The van der Waals surface area contributed by atoms with Crippen LogP contribution in [0.4, 0.5) is 0 Å². The topological polar surface area (TPSA) is 54.9 Å². The number of aliphatic imine (C=N–C) groups is 1. The highest BCUT2D eigenvalue weighted by atomic mass is 16.5. The number of ether oxygens (including phenoxy) is 2. The monoisotopic (exact) mass is 307 g/mol. The molecule has 0 aliphatic heterocycles. The van der Waals surface area contributed by atoms with Gasteiger partial charge in [-0.15, -0.1) is 0 Å². The molecule has 5 heteroatoms. The van der Waals surface area contributed by atoms with Gasteiger partial charge in [-0.3, -0.25) is 4.99 Å². The van der Waals surface area contributed by atoms with E-state index in [1.54, 1.807) is 14.2 Å². The Hall–Kier alpha value is -1.59. The summed E-state index contributed by atoms with van der Waals surface area (Å²) in [5, 5.41) is 6.63. The van der Waals surface area contributed by atoms with E-state index in [9.17, 15) is 0 Å². The second-order valence-corrected chi connectivity index (χ2v) is 5.01. The van der Waals surface area contributed by atoms with E-state index in [-0.39, 0.29) is 0 Å². The maximum absolute atomic E-state index is 5.32. The summed E-state index contributed by atoms with van der Waals surface area (Å²) in [7, 11) is 3.50. The van der Waals surface area contributed by atoms with Gasteiger partial charge in [0.15, 0.2) is 5.96 Å². The molecule has 0 spiro atoms. The molecule has 1 aromatic rings. The Balaban J connectivity index is 2.23. The fourth-order valence-electron chi connectivity index (χ4n) is 2.01. The van der Waals surface area contributed by atoms with Gasteiger partial charge in [0.05, 0.1) is 6.61 Å². The van der Waals surface area contributed by atoms with Gasteiger partial charge in [0, 0.05) is 40.5 Å². The van der Waals surface area contributed by atoms with Gasteiger partial charge in [-0.1, -0.05) is 24.3 Å².